The monoisotopic (exact) mass is 326 g/mol. The third-order valence-corrected chi connectivity index (χ3v) is 3.75. The zero-order valence-electron chi connectivity index (χ0n) is 14.7. The highest BCUT2D eigenvalue weighted by atomic mass is 16.1. The van der Waals surface area contributed by atoms with E-state index in [0.29, 0.717) is 5.56 Å². The Bertz CT molecular complexity index is 653. The van der Waals surface area contributed by atoms with Crippen LogP contribution in [0, 0.1) is 0 Å². The maximum atomic E-state index is 12.4. The van der Waals surface area contributed by atoms with Crippen LogP contribution >= 0.6 is 0 Å². The Morgan fingerprint density at radius 2 is 1.83 bits per heavy atom. The Labute approximate surface area is 144 Å². The van der Waals surface area contributed by atoms with Crippen molar-refractivity contribution in [2.75, 3.05) is 36.2 Å². The van der Waals surface area contributed by atoms with Gasteiger partial charge in [-0.15, -0.1) is 0 Å². The number of pyridine rings is 1. The quantitative estimate of drug-likeness (QED) is 0.720. The van der Waals surface area contributed by atoms with Gasteiger partial charge in [0.25, 0.3) is 5.91 Å². The molecule has 1 aromatic carbocycles. The molecule has 24 heavy (non-hydrogen) atoms. The molecule has 128 valence electrons. The fourth-order valence-corrected chi connectivity index (χ4v) is 2.31. The number of rotatable bonds is 8. The van der Waals surface area contributed by atoms with Crippen molar-refractivity contribution >= 4 is 23.0 Å². The fraction of sp³-hybridized carbons (Fsp3) is 0.368. The van der Waals surface area contributed by atoms with E-state index in [0.717, 1.165) is 30.0 Å². The first-order valence-corrected chi connectivity index (χ1v) is 8.38. The van der Waals surface area contributed by atoms with Gasteiger partial charge in [-0.3, -0.25) is 9.78 Å². The summed E-state index contributed by atoms with van der Waals surface area (Å²) in [6.45, 7) is 3.07. The largest absolute Gasteiger partial charge is 0.384 e. The average Bonchev–Trinajstić information content (AvgIpc) is 2.59. The van der Waals surface area contributed by atoms with Gasteiger partial charge in [-0.2, -0.15) is 0 Å². The third-order valence-electron chi connectivity index (χ3n) is 3.75. The molecule has 1 heterocycles. The van der Waals surface area contributed by atoms with Gasteiger partial charge in [-0.25, -0.2) is 0 Å². The Balaban J connectivity index is 1.96. The lowest BCUT2D eigenvalue weighted by atomic mass is 10.2. The lowest BCUT2D eigenvalue weighted by Gasteiger charge is -2.13. The van der Waals surface area contributed by atoms with Crippen molar-refractivity contribution in [2.45, 2.75) is 26.2 Å². The maximum Gasteiger partial charge on any atom is 0.257 e. The number of nitrogens with zero attached hydrogens (tertiary/aromatic N) is 2. The first kappa shape index (κ1) is 17.8. The predicted molar refractivity (Wildman–Crippen MR) is 101 cm³/mol. The summed E-state index contributed by atoms with van der Waals surface area (Å²) in [4.78, 5) is 18.5. The highest BCUT2D eigenvalue weighted by molar-refractivity contribution is 6.04. The predicted octanol–water partition coefficient (Wildman–Crippen LogP) is 4.00. The minimum atomic E-state index is -0.155. The standard InChI is InChI=1S/C19H26N4O/c1-4-5-6-11-21-17-12-15(13-20-14-17)19(24)22-16-7-9-18(10-8-16)23(2)3/h7-10,12-14,21H,4-6,11H2,1-3H3,(H,22,24). The first-order chi connectivity index (χ1) is 11.6. The lowest BCUT2D eigenvalue weighted by Crippen LogP contribution is -2.13. The molecule has 1 aromatic heterocycles. The van der Waals surface area contributed by atoms with Crippen LogP contribution in [0.2, 0.25) is 0 Å². The van der Waals surface area contributed by atoms with E-state index in [1.807, 2.05) is 49.3 Å². The minimum Gasteiger partial charge on any atom is -0.384 e. The summed E-state index contributed by atoms with van der Waals surface area (Å²) >= 11 is 0. The summed E-state index contributed by atoms with van der Waals surface area (Å²) in [5, 5.41) is 6.21. The number of hydrogen-bond donors (Lipinski definition) is 2. The Kier molecular flexibility index (Phi) is 6.61. The number of carbonyl (C=O) groups is 1. The first-order valence-electron chi connectivity index (χ1n) is 8.38. The summed E-state index contributed by atoms with van der Waals surface area (Å²) in [7, 11) is 3.97. The fourth-order valence-electron chi connectivity index (χ4n) is 2.31. The van der Waals surface area contributed by atoms with Gasteiger partial charge in [-0.05, 0) is 36.8 Å². The van der Waals surface area contributed by atoms with Crippen molar-refractivity contribution in [1.29, 1.82) is 0 Å². The van der Waals surface area contributed by atoms with Gasteiger partial charge in [-0.1, -0.05) is 19.8 Å². The van der Waals surface area contributed by atoms with Crippen LogP contribution in [-0.2, 0) is 0 Å². The molecule has 0 spiro atoms. The summed E-state index contributed by atoms with van der Waals surface area (Å²) in [5.74, 6) is -0.155. The molecule has 0 radical (unpaired) electrons. The van der Waals surface area contributed by atoms with Crippen molar-refractivity contribution in [2.24, 2.45) is 0 Å². The third kappa shape index (κ3) is 5.26. The molecule has 1 amide bonds. The Morgan fingerprint density at radius 3 is 2.50 bits per heavy atom. The number of nitrogens with one attached hydrogen (secondary N) is 2. The van der Waals surface area contributed by atoms with E-state index in [4.69, 9.17) is 0 Å². The van der Waals surface area contributed by atoms with Gasteiger partial charge in [0, 0.05) is 44.4 Å². The molecule has 2 rings (SSSR count). The molecule has 0 aliphatic carbocycles. The van der Waals surface area contributed by atoms with Crippen LogP contribution in [0.3, 0.4) is 0 Å². The van der Waals surface area contributed by atoms with E-state index in [1.54, 1.807) is 12.4 Å². The highest BCUT2D eigenvalue weighted by Crippen LogP contribution is 2.17. The van der Waals surface area contributed by atoms with Gasteiger partial charge in [0.15, 0.2) is 0 Å². The van der Waals surface area contributed by atoms with Crippen molar-refractivity contribution in [3.8, 4) is 0 Å². The Morgan fingerprint density at radius 1 is 1.08 bits per heavy atom. The second kappa shape index (κ2) is 8.91. The van der Waals surface area contributed by atoms with Gasteiger partial charge >= 0.3 is 0 Å². The van der Waals surface area contributed by atoms with E-state index in [2.05, 4.69) is 22.5 Å². The van der Waals surface area contributed by atoms with E-state index < -0.39 is 0 Å². The number of unbranched alkanes of at least 4 members (excludes halogenated alkanes) is 2. The molecular weight excluding hydrogens is 300 g/mol. The smallest absolute Gasteiger partial charge is 0.257 e. The molecule has 0 fully saturated rings. The van der Waals surface area contributed by atoms with Gasteiger partial charge < -0.3 is 15.5 Å². The number of carbonyl (C=O) groups excluding carboxylic acids is 1. The number of hydrogen-bond acceptors (Lipinski definition) is 4. The summed E-state index contributed by atoms with van der Waals surface area (Å²) in [5.41, 5.74) is 3.29. The molecule has 2 N–H and O–H groups in total. The zero-order chi connectivity index (χ0) is 17.4. The van der Waals surface area contributed by atoms with Crippen LogP contribution in [0.15, 0.2) is 42.7 Å². The zero-order valence-corrected chi connectivity index (χ0v) is 14.7. The van der Waals surface area contributed by atoms with Crippen LogP contribution in [0.1, 0.15) is 36.5 Å². The van der Waals surface area contributed by atoms with Gasteiger partial charge in [0.05, 0.1) is 11.3 Å². The van der Waals surface area contributed by atoms with Crippen molar-refractivity contribution in [3.63, 3.8) is 0 Å². The second-order valence-electron chi connectivity index (χ2n) is 5.99. The molecule has 5 nitrogen and oxygen atoms in total. The number of amides is 1. The normalized spacial score (nSPS) is 10.3. The molecule has 0 bridgehead atoms. The van der Waals surface area contributed by atoms with Crippen LogP contribution in [-0.4, -0.2) is 31.5 Å². The molecule has 0 unspecified atom stereocenters. The number of aromatic nitrogens is 1. The maximum absolute atomic E-state index is 12.4. The topological polar surface area (TPSA) is 57.3 Å². The van der Waals surface area contributed by atoms with Gasteiger partial charge in [0.1, 0.15) is 0 Å². The van der Waals surface area contributed by atoms with E-state index >= 15 is 0 Å². The van der Waals surface area contributed by atoms with Crippen LogP contribution in [0.5, 0.6) is 0 Å². The van der Waals surface area contributed by atoms with E-state index in [-0.39, 0.29) is 5.91 Å². The Hall–Kier alpha value is -2.56. The molecular formula is C19H26N4O. The molecule has 0 atom stereocenters. The second-order valence-corrected chi connectivity index (χ2v) is 5.99. The van der Waals surface area contributed by atoms with Crippen molar-refractivity contribution < 1.29 is 4.79 Å². The molecule has 5 heteroatoms. The highest BCUT2D eigenvalue weighted by Gasteiger charge is 2.08. The molecule has 0 saturated heterocycles. The van der Waals surface area contributed by atoms with E-state index in [1.165, 1.54) is 12.8 Å². The lowest BCUT2D eigenvalue weighted by molar-refractivity contribution is 0.102. The number of anilines is 3. The van der Waals surface area contributed by atoms with Gasteiger partial charge in [0.2, 0.25) is 0 Å². The molecule has 0 aliphatic rings. The molecule has 0 saturated carbocycles. The van der Waals surface area contributed by atoms with Crippen molar-refractivity contribution in [1.82, 2.24) is 4.98 Å². The van der Waals surface area contributed by atoms with Crippen LogP contribution in [0.25, 0.3) is 0 Å². The summed E-state index contributed by atoms with van der Waals surface area (Å²) < 4.78 is 0. The number of benzene rings is 1. The van der Waals surface area contributed by atoms with Crippen LogP contribution < -0.4 is 15.5 Å². The summed E-state index contributed by atoms with van der Waals surface area (Å²) in [6.07, 6.45) is 6.83. The minimum absolute atomic E-state index is 0.155. The summed E-state index contributed by atoms with van der Waals surface area (Å²) in [6, 6.07) is 9.57. The SMILES string of the molecule is CCCCCNc1cncc(C(=O)Nc2ccc(N(C)C)cc2)c1. The molecule has 2 aromatic rings. The average molecular weight is 326 g/mol. The van der Waals surface area contributed by atoms with E-state index in [9.17, 15) is 4.79 Å². The van der Waals surface area contributed by atoms with Crippen LogP contribution in [0.4, 0.5) is 17.1 Å². The van der Waals surface area contributed by atoms with Crippen molar-refractivity contribution in [3.05, 3.63) is 48.3 Å². The molecule has 0 aliphatic heterocycles.